The lowest BCUT2D eigenvalue weighted by atomic mass is 9.97. The van der Waals surface area contributed by atoms with Crippen LogP contribution in [0.15, 0.2) is 23.0 Å². The molecule has 2 N–H and O–H groups in total. The average molecular weight is 400 g/mol. The molecule has 1 saturated heterocycles. The van der Waals surface area contributed by atoms with Crippen LogP contribution in [-0.2, 0) is 13.0 Å². The SMILES string of the molecule is COc1cc2c(cc1OC)-c1cc(NCC[NH+]3CCCCCC3)nc(=O)n1CC2. The van der Waals surface area contributed by atoms with E-state index in [9.17, 15) is 4.79 Å². The zero-order chi connectivity index (χ0) is 20.2. The van der Waals surface area contributed by atoms with Gasteiger partial charge in [-0.15, -0.1) is 0 Å². The number of fused-ring (bicyclic) bond motifs is 3. The molecule has 0 unspecified atom stereocenters. The van der Waals surface area contributed by atoms with Gasteiger partial charge in [-0.1, -0.05) is 0 Å². The van der Waals surface area contributed by atoms with Crippen molar-refractivity contribution in [3.63, 3.8) is 0 Å². The lowest BCUT2D eigenvalue weighted by molar-refractivity contribution is -0.897. The van der Waals surface area contributed by atoms with E-state index in [2.05, 4.69) is 10.3 Å². The van der Waals surface area contributed by atoms with Crippen LogP contribution in [0, 0.1) is 0 Å². The summed E-state index contributed by atoms with van der Waals surface area (Å²) in [5.41, 5.74) is 2.85. The molecular weight excluding hydrogens is 368 g/mol. The molecule has 7 heteroatoms. The number of anilines is 1. The summed E-state index contributed by atoms with van der Waals surface area (Å²) in [7, 11) is 3.27. The van der Waals surface area contributed by atoms with Gasteiger partial charge in [0.2, 0.25) is 0 Å². The summed E-state index contributed by atoms with van der Waals surface area (Å²) in [5, 5.41) is 3.38. The average Bonchev–Trinajstić information content (AvgIpc) is 3.01. The van der Waals surface area contributed by atoms with E-state index in [4.69, 9.17) is 9.47 Å². The monoisotopic (exact) mass is 399 g/mol. The Balaban J connectivity index is 1.56. The highest BCUT2D eigenvalue weighted by Gasteiger charge is 2.21. The third-order valence-electron chi connectivity index (χ3n) is 6.10. The number of aromatic nitrogens is 2. The van der Waals surface area contributed by atoms with Crippen LogP contribution >= 0.6 is 0 Å². The Labute approximate surface area is 171 Å². The third-order valence-corrected chi connectivity index (χ3v) is 6.10. The van der Waals surface area contributed by atoms with Gasteiger partial charge in [0.05, 0.1) is 46.1 Å². The topological polar surface area (TPSA) is 69.8 Å². The standard InChI is InChI=1S/C22H30N4O3/c1-28-19-13-16-7-11-26-18(17(16)14-20(19)29-2)15-21(24-22(26)27)23-8-12-25-9-5-3-4-6-10-25/h13-15H,3-12H2,1-2H3,(H,23,24,27)/p+1. The zero-order valence-corrected chi connectivity index (χ0v) is 17.4. The van der Waals surface area contributed by atoms with Crippen LogP contribution in [0.2, 0.25) is 0 Å². The van der Waals surface area contributed by atoms with E-state index in [-0.39, 0.29) is 5.69 Å². The predicted molar refractivity (Wildman–Crippen MR) is 113 cm³/mol. The molecule has 156 valence electrons. The van der Waals surface area contributed by atoms with Crippen LogP contribution in [0.3, 0.4) is 0 Å². The molecule has 29 heavy (non-hydrogen) atoms. The molecule has 2 aliphatic rings. The van der Waals surface area contributed by atoms with Crippen LogP contribution in [-0.4, -0.2) is 49.9 Å². The van der Waals surface area contributed by atoms with Crippen molar-refractivity contribution in [3.05, 3.63) is 34.2 Å². The number of nitrogens with zero attached hydrogens (tertiary/aromatic N) is 2. The fourth-order valence-corrected chi connectivity index (χ4v) is 4.48. The number of benzene rings is 1. The quantitative estimate of drug-likeness (QED) is 0.768. The number of ether oxygens (including phenoxy) is 2. The number of hydrogen-bond acceptors (Lipinski definition) is 5. The molecular formula is C22H31N4O3+. The maximum Gasteiger partial charge on any atom is 0.349 e. The van der Waals surface area contributed by atoms with Crippen LogP contribution in [0.4, 0.5) is 5.82 Å². The second-order valence-corrected chi connectivity index (χ2v) is 7.92. The Kier molecular flexibility index (Phi) is 6.04. The Morgan fingerprint density at radius 3 is 2.52 bits per heavy atom. The molecule has 1 aromatic carbocycles. The van der Waals surface area contributed by atoms with Gasteiger partial charge in [0.1, 0.15) is 5.82 Å². The highest BCUT2D eigenvalue weighted by atomic mass is 16.5. The summed E-state index contributed by atoms with van der Waals surface area (Å²) in [4.78, 5) is 18.5. The number of aryl methyl sites for hydroxylation is 1. The van der Waals surface area contributed by atoms with Gasteiger partial charge in [0.25, 0.3) is 0 Å². The summed E-state index contributed by atoms with van der Waals surface area (Å²) in [5.74, 6) is 2.04. The molecule has 3 heterocycles. The first-order valence-corrected chi connectivity index (χ1v) is 10.6. The van der Waals surface area contributed by atoms with E-state index >= 15 is 0 Å². The van der Waals surface area contributed by atoms with Gasteiger partial charge in [0, 0.05) is 18.2 Å². The number of rotatable bonds is 6. The lowest BCUT2D eigenvalue weighted by Gasteiger charge is -2.23. The van der Waals surface area contributed by atoms with Crippen molar-refractivity contribution in [2.75, 3.05) is 45.7 Å². The fourth-order valence-electron chi connectivity index (χ4n) is 4.48. The summed E-state index contributed by atoms with van der Waals surface area (Å²) < 4.78 is 12.7. The number of likely N-dealkylation sites (tertiary alicyclic amines) is 1. The lowest BCUT2D eigenvalue weighted by Crippen LogP contribution is -3.12. The van der Waals surface area contributed by atoms with Crippen LogP contribution in [0.25, 0.3) is 11.3 Å². The van der Waals surface area contributed by atoms with Gasteiger partial charge in [-0.3, -0.25) is 4.57 Å². The van der Waals surface area contributed by atoms with E-state index in [1.54, 1.807) is 23.7 Å². The summed E-state index contributed by atoms with van der Waals surface area (Å²) in [6.45, 7) is 5.00. The Bertz CT molecular complexity index is 917. The summed E-state index contributed by atoms with van der Waals surface area (Å²) in [6, 6.07) is 5.96. The van der Waals surface area contributed by atoms with Crippen LogP contribution in [0.1, 0.15) is 31.2 Å². The van der Waals surface area contributed by atoms with E-state index in [0.717, 1.165) is 42.1 Å². The molecule has 2 aliphatic heterocycles. The minimum Gasteiger partial charge on any atom is -0.493 e. The van der Waals surface area contributed by atoms with Crippen molar-refractivity contribution in [1.82, 2.24) is 9.55 Å². The van der Waals surface area contributed by atoms with Gasteiger partial charge in [0.15, 0.2) is 11.5 Å². The molecule has 4 rings (SSSR count). The molecule has 1 aromatic heterocycles. The third kappa shape index (κ3) is 4.24. The Hall–Kier alpha value is -2.54. The highest BCUT2D eigenvalue weighted by Crippen LogP contribution is 2.38. The number of quaternary nitrogens is 1. The van der Waals surface area contributed by atoms with E-state index in [0.29, 0.717) is 18.1 Å². The van der Waals surface area contributed by atoms with Crippen molar-refractivity contribution in [1.29, 1.82) is 0 Å². The minimum atomic E-state index is -0.201. The number of methoxy groups -OCH3 is 2. The van der Waals surface area contributed by atoms with Gasteiger partial charge in [-0.2, -0.15) is 4.98 Å². The highest BCUT2D eigenvalue weighted by molar-refractivity contribution is 5.71. The van der Waals surface area contributed by atoms with Crippen molar-refractivity contribution >= 4 is 5.82 Å². The predicted octanol–water partition coefficient (Wildman–Crippen LogP) is 1.35. The maximum atomic E-state index is 12.6. The largest absolute Gasteiger partial charge is 0.493 e. The Morgan fingerprint density at radius 2 is 1.79 bits per heavy atom. The van der Waals surface area contributed by atoms with Gasteiger partial charge in [-0.05, 0) is 49.8 Å². The van der Waals surface area contributed by atoms with E-state index in [1.165, 1.54) is 38.8 Å². The summed E-state index contributed by atoms with van der Waals surface area (Å²) in [6.07, 6.45) is 6.11. The first-order valence-electron chi connectivity index (χ1n) is 10.6. The molecule has 0 bridgehead atoms. The van der Waals surface area contributed by atoms with Crippen molar-refractivity contribution < 1.29 is 14.4 Å². The minimum absolute atomic E-state index is 0.201. The normalized spacial score (nSPS) is 16.5. The van der Waals surface area contributed by atoms with Crippen LogP contribution < -0.4 is 25.4 Å². The first-order chi connectivity index (χ1) is 14.2. The van der Waals surface area contributed by atoms with Gasteiger partial charge < -0.3 is 19.7 Å². The van der Waals surface area contributed by atoms with E-state index in [1.807, 2.05) is 18.2 Å². The van der Waals surface area contributed by atoms with Crippen molar-refractivity contribution in [2.24, 2.45) is 0 Å². The van der Waals surface area contributed by atoms with Crippen LogP contribution in [0.5, 0.6) is 11.5 Å². The zero-order valence-electron chi connectivity index (χ0n) is 17.4. The second kappa shape index (κ2) is 8.86. The van der Waals surface area contributed by atoms with Crippen molar-refractivity contribution in [2.45, 2.75) is 38.6 Å². The van der Waals surface area contributed by atoms with Crippen molar-refractivity contribution in [3.8, 4) is 22.8 Å². The Morgan fingerprint density at radius 1 is 1.07 bits per heavy atom. The smallest absolute Gasteiger partial charge is 0.349 e. The molecule has 0 radical (unpaired) electrons. The molecule has 7 nitrogen and oxygen atoms in total. The molecule has 0 aliphatic carbocycles. The summed E-state index contributed by atoms with van der Waals surface area (Å²) >= 11 is 0. The van der Waals surface area contributed by atoms with Gasteiger partial charge in [-0.25, -0.2) is 4.79 Å². The second-order valence-electron chi connectivity index (χ2n) is 7.92. The molecule has 0 amide bonds. The van der Waals surface area contributed by atoms with E-state index < -0.39 is 0 Å². The maximum absolute atomic E-state index is 12.6. The molecule has 0 saturated carbocycles. The number of hydrogen-bond donors (Lipinski definition) is 2. The molecule has 2 aromatic rings. The molecule has 0 atom stereocenters. The molecule has 1 fully saturated rings. The molecule has 0 spiro atoms. The first kappa shape index (κ1) is 19.8. The van der Waals surface area contributed by atoms with Gasteiger partial charge >= 0.3 is 5.69 Å². The fraction of sp³-hybridized carbons (Fsp3) is 0.545. The number of nitrogens with one attached hydrogen (secondary N) is 2.